The Morgan fingerprint density at radius 2 is 1.93 bits per heavy atom. The topological polar surface area (TPSA) is 67.2 Å². The SMILES string of the molecule is Cc1c(CNCc2cccnc2)c(C(=O)O)c(C)n1Cc1cccc(F)c1. The van der Waals surface area contributed by atoms with E-state index in [-0.39, 0.29) is 5.82 Å². The third kappa shape index (κ3) is 4.23. The molecule has 140 valence electrons. The standard InChI is InChI=1S/C21H22FN3O2/c1-14-19(12-24-11-17-6-4-8-23-10-17)20(21(26)27)15(2)25(14)13-16-5-3-7-18(22)9-16/h3-10,24H,11-13H2,1-2H3,(H,26,27). The van der Waals surface area contributed by atoms with E-state index < -0.39 is 5.97 Å². The molecule has 0 aliphatic rings. The van der Waals surface area contributed by atoms with Crippen LogP contribution >= 0.6 is 0 Å². The van der Waals surface area contributed by atoms with Gasteiger partial charge in [0.25, 0.3) is 0 Å². The van der Waals surface area contributed by atoms with Crippen molar-refractivity contribution < 1.29 is 14.3 Å². The summed E-state index contributed by atoms with van der Waals surface area (Å²) in [5.74, 6) is -1.25. The van der Waals surface area contributed by atoms with Gasteiger partial charge in [-0.1, -0.05) is 18.2 Å². The summed E-state index contributed by atoms with van der Waals surface area (Å²) in [5.41, 5.74) is 4.42. The van der Waals surface area contributed by atoms with E-state index >= 15 is 0 Å². The molecule has 5 nitrogen and oxygen atoms in total. The van der Waals surface area contributed by atoms with Crippen molar-refractivity contribution in [1.82, 2.24) is 14.9 Å². The fourth-order valence-electron chi connectivity index (χ4n) is 3.34. The number of nitrogens with one attached hydrogen (secondary N) is 1. The van der Waals surface area contributed by atoms with Gasteiger partial charge in [0.1, 0.15) is 5.82 Å². The summed E-state index contributed by atoms with van der Waals surface area (Å²) in [4.78, 5) is 15.9. The molecule has 0 aliphatic heterocycles. The first-order valence-electron chi connectivity index (χ1n) is 8.73. The lowest BCUT2D eigenvalue weighted by Crippen LogP contribution is -2.15. The molecule has 0 aliphatic carbocycles. The molecular weight excluding hydrogens is 345 g/mol. The maximum absolute atomic E-state index is 13.5. The average molecular weight is 367 g/mol. The summed E-state index contributed by atoms with van der Waals surface area (Å²) in [6.45, 7) is 5.15. The van der Waals surface area contributed by atoms with Crippen LogP contribution in [0.5, 0.6) is 0 Å². The number of carboxylic acids is 1. The van der Waals surface area contributed by atoms with Crippen LogP contribution in [0.1, 0.15) is 38.4 Å². The molecule has 0 fully saturated rings. The Morgan fingerprint density at radius 3 is 2.59 bits per heavy atom. The molecule has 0 atom stereocenters. The predicted molar refractivity (Wildman–Crippen MR) is 101 cm³/mol. The van der Waals surface area contributed by atoms with E-state index in [1.54, 1.807) is 25.4 Å². The van der Waals surface area contributed by atoms with Crippen molar-refractivity contribution in [3.63, 3.8) is 0 Å². The van der Waals surface area contributed by atoms with Gasteiger partial charge in [-0.05, 0) is 43.2 Å². The van der Waals surface area contributed by atoms with Crippen LogP contribution in [0.3, 0.4) is 0 Å². The minimum Gasteiger partial charge on any atom is -0.478 e. The Kier molecular flexibility index (Phi) is 5.66. The second kappa shape index (κ2) is 8.14. The number of carboxylic acid groups (broad SMARTS) is 1. The summed E-state index contributed by atoms with van der Waals surface area (Å²) in [6, 6.07) is 10.2. The van der Waals surface area contributed by atoms with Gasteiger partial charge in [-0.3, -0.25) is 4.98 Å². The van der Waals surface area contributed by atoms with E-state index in [4.69, 9.17) is 0 Å². The van der Waals surface area contributed by atoms with E-state index in [1.165, 1.54) is 12.1 Å². The molecule has 0 spiro atoms. The number of hydrogen-bond acceptors (Lipinski definition) is 3. The Labute approximate surface area is 157 Å². The smallest absolute Gasteiger partial charge is 0.337 e. The quantitative estimate of drug-likeness (QED) is 0.669. The fourth-order valence-corrected chi connectivity index (χ4v) is 3.34. The first kappa shape index (κ1) is 18.8. The molecule has 1 aromatic carbocycles. The molecule has 2 N–H and O–H groups in total. The molecule has 3 aromatic rings. The Bertz CT molecular complexity index is 952. The number of carbonyl (C=O) groups is 1. The third-order valence-electron chi connectivity index (χ3n) is 4.71. The lowest BCUT2D eigenvalue weighted by atomic mass is 10.1. The normalized spacial score (nSPS) is 10.9. The van der Waals surface area contributed by atoms with Gasteiger partial charge in [-0.25, -0.2) is 9.18 Å². The zero-order valence-corrected chi connectivity index (χ0v) is 15.4. The molecule has 27 heavy (non-hydrogen) atoms. The van der Waals surface area contributed by atoms with Gasteiger partial charge < -0.3 is 15.0 Å². The molecule has 0 unspecified atom stereocenters. The Hall–Kier alpha value is -2.99. The summed E-state index contributed by atoms with van der Waals surface area (Å²) >= 11 is 0. The van der Waals surface area contributed by atoms with Crippen LogP contribution in [0.25, 0.3) is 0 Å². The minimum atomic E-state index is -0.952. The molecule has 3 rings (SSSR count). The van der Waals surface area contributed by atoms with Gasteiger partial charge in [0.2, 0.25) is 0 Å². The average Bonchev–Trinajstić information content (AvgIpc) is 2.87. The second-order valence-corrected chi connectivity index (χ2v) is 6.51. The lowest BCUT2D eigenvalue weighted by Gasteiger charge is -2.10. The molecule has 6 heteroatoms. The van der Waals surface area contributed by atoms with Gasteiger partial charge in [-0.15, -0.1) is 0 Å². The van der Waals surface area contributed by atoms with Crippen LogP contribution in [-0.4, -0.2) is 20.6 Å². The number of rotatable bonds is 7. The first-order chi connectivity index (χ1) is 13.0. The monoisotopic (exact) mass is 367 g/mol. The molecule has 0 amide bonds. The third-order valence-corrected chi connectivity index (χ3v) is 4.71. The van der Waals surface area contributed by atoms with Gasteiger partial charge in [-0.2, -0.15) is 0 Å². The number of benzene rings is 1. The van der Waals surface area contributed by atoms with E-state index in [2.05, 4.69) is 10.3 Å². The van der Waals surface area contributed by atoms with Gasteiger partial charge in [0, 0.05) is 49.0 Å². The number of hydrogen-bond donors (Lipinski definition) is 2. The molecule has 2 heterocycles. The maximum Gasteiger partial charge on any atom is 0.337 e. The van der Waals surface area contributed by atoms with E-state index in [9.17, 15) is 14.3 Å². The van der Waals surface area contributed by atoms with Crippen LogP contribution < -0.4 is 5.32 Å². The van der Waals surface area contributed by atoms with Crippen molar-refractivity contribution in [2.24, 2.45) is 0 Å². The van der Waals surface area contributed by atoms with Crippen molar-refractivity contribution in [3.8, 4) is 0 Å². The summed E-state index contributed by atoms with van der Waals surface area (Å²) < 4.78 is 15.4. The van der Waals surface area contributed by atoms with Crippen molar-refractivity contribution >= 4 is 5.97 Å². The maximum atomic E-state index is 13.5. The van der Waals surface area contributed by atoms with Gasteiger partial charge in [0.15, 0.2) is 0 Å². The highest BCUT2D eigenvalue weighted by atomic mass is 19.1. The fraction of sp³-hybridized carbons (Fsp3) is 0.238. The highest BCUT2D eigenvalue weighted by Crippen LogP contribution is 2.24. The molecule has 0 bridgehead atoms. The number of halogens is 1. The molecular formula is C21H22FN3O2. The van der Waals surface area contributed by atoms with E-state index in [1.807, 2.05) is 29.7 Å². The van der Waals surface area contributed by atoms with Gasteiger partial charge in [0.05, 0.1) is 5.56 Å². The molecule has 0 radical (unpaired) electrons. The van der Waals surface area contributed by atoms with Crippen LogP contribution in [-0.2, 0) is 19.6 Å². The lowest BCUT2D eigenvalue weighted by molar-refractivity contribution is 0.0694. The Balaban J connectivity index is 1.85. The van der Waals surface area contributed by atoms with Crippen LogP contribution in [0.2, 0.25) is 0 Å². The van der Waals surface area contributed by atoms with Crippen molar-refractivity contribution in [1.29, 1.82) is 0 Å². The first-order valence-corrected chi connectivity index (χ1v) is 8.73. The minimum absolute atomic E-state index is 0.299. The summed E-state index contributed by atoms with van der Waals surface area (Å²) in [6.07, 6.45) is 3.49. The van der Waals surface area contributed by atoms with Gasteiger partial charge >= 0.3 is 5.97 Å². The highest BCUT2D eigenvalue weighted by Gasteiger charge is 2.22. The van der Waals surface area contributed by atoms with Crippen LogP contribution in [0, 0.1) is 19.7 Å². The zero-order valence-electron chi connectivity index (χ0n) is 15.4. The van der Waals surface area contributed by atoms with E-state index in [0.717, 1.165) is 22.4 Å². The number of nitrogens with zero attached hydrogens (tertiary/aromatic N) is 2. The van der Waals surface area contributed by atoms with Crippen LogP contribution in [0.15, 0.2) is 48.8 Å². The molecule has 0 saturated heterocycles. The number of aromatic nitrogens is 2. The van der Waals surface area contributed by atoms with Crippen molar-refractivity contribution in [3.05, 3.63) is 88.3 Å². The summed E-state index contributed by atoms with van der Waals surface area (Å²) in [5, 5.41) is 13.0. The van der Waals surface area contributed by atoms with Crippen molar-refractivity contribution in [2.45, 2.75) is 33.5 Å². The molecule has 2 aromatic heterocycles. The van der Waals surface area contributed by atoms with E-state index in [0.29, 0.717) is 30.9 Å². The highest BCUT2D eigenvalue weighted by molar-refractivity contribution is 5.91. The number of pyridine rings is 1. The predicted octanol–water partition coefficient (Wildman–Crippen LogP) is 3.68. The van der Waals surface area contributed by atoms with Crippen LogP contribution in [0.4, 0.5) is 4.39 Å². The number of aromatic carboxylic acids is 1. The van der Waals surface area contributed by atoms with Crippen molar-refractivity contribution in [2.75, 3.05) is 0 Å². The largest absolute Gasteiger partial charge is 0.478 e. The summed E-state index contributed by atoms with van der Waals surface area (Å²) in [7, 11) is 0. The second-order valence-electron chi connectivity index (χ2n) is 6.51. The zero-order chi connectivity index (χ0) is 19.4. The molecule has 0 saturated carbocycles. The Morgan fingerprint density at radius 1 is 1.15 bits per heavy atom.